The number of hydrogen-bond donors (Lipinski definition) is 0. The third-order valence-electron chi connectivity index (χ3n) is 4.93. The van der Waals surface area contributed by atoms with E-state index in [1.807, 2.05) is 0 Å². The summed E-state index contributed by atoms with van der Waals surface area (Å²) in [5.41, 5.74) is -1.92. The Balaban J connectivity index is 1.90. The molecular weight excluding hydrogens is 479 g/mol. The van der Waals surface area contributed by atoms with Crippen molar-refractivity contribution in [3.8, 4) is 17.3 Å². The van der Waals surface area contributed by atoms with Crippen LogP contribution in [0.25, 0.3) is 11.5 Å². The molecule has 9 nitrogen and oxygen atoms in total. The first-order valence-electron chi connectivity index (χ1n) is 10.9. The van der Waals surface area contributed by atoms with Gasteiger partial charge in [0.25, 0.3) is 5.91 Å². The van der Waals surface area contributed by atoms with Crippen molar-refractivity contribution in [2.24, 2.45) is 0 Å². The van der Waals surface area contributed by atoms with Crippen LogP contribution in [0.4, 0.5) is 23.8 Å². The van der Waals surface area contributed by atoms with Crippen LogP contribution in [0, 0.1) is 0 Å². The summed E-state index contributed by atoms with van der Waals surface area (Å²) in [6, 6.07) is 7.04. The lowest BCUT2D eigenvalue weighted by Crippen LogP contribution is -2.41. The Labute approximate surface area is 204 Å². The number of ether oxygens (including phenoxy) is 2. The summed E-state index contributed by atoms with van der Waals surface area (Å²) in [7, 11) is 0. The van der Waals surface area contributed by atoms with Gasteiger partial charge in [-0.25, -0.2) is 9.78 Å². The molecule has 2 amide bonds. The van der Waals surface area contributed by atoms with Crippen LogP contribution in [0.15, 0.2) is 54.9 Å². The average Bonchev–Trinajstić information content (AvgIpc) is 3.25. The van der Waals surface area contributed by atoms with Crippen LogP contribution in [0.1, 0.15) is 36.7 Å². The Hall–Kier alpha value is -4.22. The second-order valence-electron chi connectivity index (χ2n) is 8.80. The largest absolute Gasteiger partial charge is 0.489 e. The molecule has 4 rings (SSSR count). The Morgan fingerprint density at radius 3 is 2.61 bits per heavy atom. The number of amides is 2. The number of carbonyl (C=O) groups is 2. The maximum Gasteiger partial charge on any atom is 0.423 e. The predicted molar refractivity (Wildman–Crippen MR) is 122 cm³/mol. The topological polar surface area (TPSA) is 99.4 Å². The lowest BCUT2D eigenvalue weighted by Gasteiger charge is -2.26. The highest BCUT2D eigenvalue weighted by Gasteiger charge is 2.35. The molecule has 0 fully saturated rings. The van der Waals surface area contributed by atoms with Gasteiger partial charge >= 0.3 is 12.3 Å². The zero-order chi connectivity index (χ0) is 26.1. The van der Waals surface area contributed by atoms with Gasteiger partial charge in [0.15, 0.2) is 5.82 Å². The van der Waals surface area contributed by atoms with Crippen LogP contribution in [0.2, 0.25) is 0 Å². The molecular formula is C24H22F3N5O4. The fourth-order valence-electron chi connectivity index (χ4n) is 3.36. The van der Waals surface area contributed by atoms with Crippen molar-refractivity contribution in [2.45, 2.75) is 39.1 Å². The Morgan fingerprint density at radius 1 is 1.11 bits per heavy atom. The Morgan fingerprint density at radius 2 is 1.89 bits per heavy atom. The second-order valence-corrected chi connectivity index (χ2v) is 8.80. The first-order chi connectivity index (χ1) is 16.9. The molecule has 0 N–H and O–H groups in total. The molecule has 36 heavy (non-hydrogen) atoms. The van der Waals surface area contributed by atoms with E-state index in [1.165, 1.54) is 12.4 Å². The van der Waals surface area contributed by atoms with Crippen molar-refractivity contribution in [1.82, 2.24) is 19.7 Å². The van der Waals surface area contributed by atoms with E-state index in [2.05, 4.69) is 15.2 Å². The van der Waals surface area contributed by atoms with Crippen LogP contribution >= 0.6 is 0 Å². The molecule has 0 unspecified atom stereocenters. The van der Waals surface area contributed by atoms with Crippen molar-refractivity contribution in [2.75, 3.05) is 11.5 Å². The number of imide groups is 1. The van der Waals surface area contributed by atoms with E-state index in [9.17, 15) is 22.8 Å². The number of hydrogen-bond acceptors (Lipinski definition) is 7. The van der Waals surface area contributed by atoms with E-state index in [4.69, 9.17) is 9.47 Å². The SMILES string of the molecule is CC(C)(C)OC(=O)N1C(=O)c2ccc(C(F)(F)F)cc2OC/C=C\Cn2cnnc2-c2cccc1n2. The number of carbonyl (C=O) groups excluding carboxylic acids is 2. The summed E-state index contributed by atoms with van der Waals surface area (Å²) in [6.07, 6.45) is -0.953. The number of nitrogens with zero attached hydrogens (tertiary/aromatic N) is 5. The fourth-order valence-corrected chi connectivity index (χ4v) is 3.36. The number of allylic oxidation sites excluding steroid dienone is 1. The first kappa shape index (κ1) is 24.9. The minimum absolute atomic E-state index is 0.111. The van der Waals surface area contributed by atoms with Gasteiger partial charge in [-0.2, -0.15) is 18.1 Å². The maximum atomic E-state index is 13.7. The number of fused-ring (bicyclic) bond motifs is 5. The van der Waals surface area contributed by atoms with Crippen molar-refractivity contribution < 1.29 is 32.2 Å². The highest BCUT2D eigenvalue weighted by molar-refractivity contribution is 6.19. The molecule has 1 aromatic carbocycles. The van der Waals surface area contributed by atoms with E-state index in [0.717, 1.165) is 18.2 Å². The smallest absolute Gasteiger partial charge is 0.423 e. The van der Waals surface area contributed by atoms with E-state index < -0.39 is 29.3 Å². The first-order valence-corrected chi connectivity index (χ1v) is 10.9. The number of rotatable bonds is 0. The third kappa shape index (κ3) is 5.37. The molecule has 0 saturated carbocycles. The minimum atomic E-state index is -4.66. The minimum Gasteiger partial charge on any atom is -0.489 e. The van der Waals surface area contributed by atoms with Crippen LogP contribution < -0.4 is 9.64 Å². The molecule has 12 heteroatoms. The third-order valence-corrected chi connectivity index (χ3v) is 4.93. The van der Waals surface area contributed by atoms with Crippen molar-refractivity contribution >= 4 is 17.8 Å². The van der Waals surface area contributed by atoms with Gasteiger partial charge in [-0.15, -0.1) is 10.2 Å². The number of pyridine rings is 1. The van der Waals surface area contributed by atoms with Gasteiger partial charge in [-0.3, -0.25) is 4.79 Å². The average molecular weight is 501 g/mol. The molecule has 0 spiro atoms. The summed E-state index contributed by atoms with van der Waals surface area (Å²) < 4.78 is 52.8. The molecule has 0 atom stereocenters. The summed E-state index contributed by atoms with van der Waals surface area (Å²) >= 11 is 0. The van der Waals surface area contributed by atoms with Gasteiger partial charge < -0.3 is 14.0 Å². The fraction of sp³-hybridized carbons (Fsp3) is 0.292. The summed E-state index contributed by atoms with van der Waals surface area (Å²) in [6.45, 7) is 5.04. The summed E-state index contributed by atoms with van der Waals surface area (Å²) in [4.78, 5) is 31.9. The van der Waals surface area contributed by atoms with Gasteiger partial charge in [0.1, 0.15) is 35.8 Å². The number of halogens is 3. The molecule has 1 aliphatic heterocycles. The second kappa shape index (κ2) is 9.44. The molecule has 3 aromatic rings. The van der Waals surface area contributed by atoms with Gasteiger partial charge in [0.2, 0.25) is 0 Å². The number of anilines is 1. The summed E-state index contributed by atoms with van der Waals surface area (Å²) in [5, 5.41) is 7.97. The normalized spacial score (nSPS) is 15.3. The van der Waals surface area contributed by atoms with Crippen molar-refractivity contribution in [1.29, 1.82) is 0 Å². The monoisotopic (exact) mass is 501 g/mol. The lowest BCUT2D eigenvalue weighted by molar-refractivity contribution is -0.137. The van der Waals surface area contributed by atoms with Crippen LogP contribution in [0.3, 0.4) is 0 Å². The van der Waals surface area contributed by atoms with Gasteiger partial charge in [0.05, 0.1) is 11.1 Å². The number of alkyl halides is 3. The molecule has 188 valence electrons. The van der Waals surface area contributed by atoms with Crippen molar-refractivity contribution in [3.63, 3.8) is 0 Å². The van der Waals surface area contributed by atoms with Gasteiger partial charge in [-0.1, -0.05) is 12.1 Å². The van der Waals surface area contributed by atoms with E-state index in [-0.39, 0.29) is 23.7 Å². The quantitative estimate of drug-likeness (QED) is 0.405. The Kier molecular flexibility index (Phi) is 6.53. The van der Waals surface area contributed by atoms with E-state index in [1.54, 1.807) is 49.6 Å². The number of aromatic nitrogens is 4. The maximum absolute atomic E-state index is 13.7. The van der Waals surface area contributed by atoms with Crippen molar-refractivity contribution in [3.05, 3.63) is 66.0 Å². The van der Waals surface area contributed by atoms with Gasteiger partial charge in [0, 0.05) is 6.54 Å². The molecule has 0 aliphatic carbocycles. The Bertz CT molecular complexity index is 1330. The van der Waals surface area contributed by atoms with Crippen LogP contribution in [-0.4, -0.2) is 44.0 Å². The molecule has 1 aliphatic rings. The van der Waals surface area contributed by atoms with Crippen LogP contribution in [0.5, 0.6) is 5.75 Å². The molecule has 0 saturated heterocycles. The van der Waals surface area contributed by atoms with Gasteiger partial charge in [-0.05, 0) is 57.2 Å². The standard InChI is InChI=1S/C24H22F3N5O4/c1-23(2,3)36-22(34)32-19-8-6-7-17(29-19)20-30-28-14-31(20)11-4-5-12-35-18-13-15(24(25,26)27)9-10-16(18)21(32)33/h4-10,13-14H,11-12H2,1-3H3/b5-4-. The zero-order valence-electron chi connectivity index (χ0n) is 19.6. The molecule has 3 heterocycles. The molecule has 2 aromatic heterocycles. The molecule has 2 bridgehead atoms. The molecule has 0 radical (unpaired) electrons. The van der Waals surface area contributed by atoms with Crippen LogP contribution in [-0.2, 0) is 17.5 Å². The zero-order valence-corrected chi connectivity index (χ0v) is 19.6. The summed E-state index contributed by atoms with van der Waals surface area (Å²) in [5.74, 6) is -1.04. The van der Waals surface area contributed by atoms with E-state index >= 15 is 0 Å². The highest BCUT2D eigenvalue weighted by Crippen LogP contribution is 2.34. The predicted octanol–water partition coefficient (Wildman–Crippen LogP) is 4.89. The lowest BCUT2D eigenvalue weighted by atomic mass is 10.1. The highest BCUT2D eigenvalue weighted by atomic mass is 19.4. The van der Waals surface area contributed by atoms with E-state index in [0.29, 0.717) is 23.0 Å². The number of benzene rings is 1.